The van der Waals surface area contributed by atoms with Gasteiger partial charge >= 0.3 is 11.9 Å². The fourth-order valence-electron chi connectivity index (χ4n) is 1.07. The summed E-state index contributed by atoms with van der Waals surface area (Å²) in [4.78, 5) is 43.8. The molecule has 0 fully saturated rings. The minimum Gasteiger partial charge on any atom is -0.481 e. The molecule has 3 unspecified atom stereocenters. The molecule has 0 aromatic rings. The van der Waals surface area contributed by atoms with Gasteiger partial charge in [0.05, 0.1) is 12.5 Å². The lowest BCUT2D eigenvalue weighted by Gasteiger charge is -2.17. The van der Waals surface area contributed by atoms with Crippen molar-refractivity contribution >= 4 is 23.8 Å². The average molecular weight is 275 g/mol. The van der Waals surface area contributed by atoms with Crippen LogP contribution in [0, 0.1) is 0 Å². The summed E-state index contributed by atoms with van der Waals surface area (Å²) in [5, 5.41) is 21.4. The predicted octanol–water partition coefficient (Wildman–Crippen LogP) is -2.12. The highest BCUT2D eigenvalue weighted by Crippen LogP contribution is 1.92. The molecular weight excluding hydrogens is 258 g/mol. The molecule has 0 saturated heterocycles. The number of hydrogen-bond acceptors (Lipinski definition) is 5. The molecule has 6 N–H and O–H groups in total. The van der Waals surface area contributed by atoms with E-state index in [1.54, 1.807) is 0 Å². The van der Waals surface area contributed by atoms with E-state index < -0.39 is 48.3 Å². The number of hydrogen-bond donors (Lipinski definition) is 5. The van der Waals surface area contributed by atoms with Gasteiger partial charge in [0.25, 0.3) is 0 Å². The van der Waals surface area contributed by atoms with Crippen LogP contribution in [0.5, 0.6) is 0 Å². The molecular formula is C10H17N3O6. The number of carbonyl (C=O) groups is 4. The molecule has 0 aliphatic rings. The van der Waals surface area contributed by atoms with Crippen LogP contribution in [0.2, 0.25) is 0 Å². The lowest BCUT2D eigenvalue weighted by Crippen LogP contribution is -2.53. The Morgan fingerprint density at radius 3 is 1.89 bits per heavy atom. The smallest absolute Gasteiger partial charge is 0.325 e. The van der Waals surface area contributed by atoms with Crippen molar-refractivity contribution in [2.75, 3.05) is 0 Å². The van der Waals surface area contributed by atoms with Crippen molar-refractivity contribution in [3.63, 3.8) is 0 Å². The molecule has 0 spiro atoms. The van der Waals surface area contributed by atoms with Gasteiger partial charge in [0.15, 0.2) is 0 Å². The highest BCUT2D eigenvalue weighted by Gasteiger charge is 2.23. The quantitative estimate of drug-likeness (QED) is 0.355. The van der Waals surface area contributed by atoms with Gasteiger partial charge in [-0.25, -0.2) is 0 Å². The summed E-state index contributed by atoms with van der Waals surface area (Å²) in [6.07, 6.45) is -0.564. The standard InChI is InChI=1S/C10H17N3O6/c1-4(8(16)13-5(2)10(18)19)12-9(17)6(11)3-7(14)15/h4-6H,3,11H2,1-2H3,(H,12,17)(H,13,16)(H,14,15)(H,18,19). The van der Waals surface area contributed by atoms with Crippen LogP contribution in [0.25, 0.3) is 0 Å². The summed E-state index contributed by atoms with van der Waals surface area (Å²) in [5.74, 6) is -3.95. The van der Waals surface area contributed by atoms with Gasteiger partial charge in [-0.1, -0.05) is 0 Å². The van der Waals surface area contributed by atoms with Crippen LogP contribution in [-0.4, -0.2) is 52.1 Å². The van der Waals surface area contributed by atoms with Crippen LogP contribution >= 0.6 is 0 Å². The Bertz CT molecular complexity index is 383. The number of carbonyl (C=O) groups excluding carboxylic acids is 2. The first kappa shape index (κ1) is 16.8. The number of carboxylic acids is 2. The van der Waals surface area contributed by atoms with E-state index in [4.69, 9.17) is 15.9 Å². The number of carboxylic acid groups (broad SMARTS) is 2. The second kappa shape index (κ2) is 7.31. The number of nitrogens with one attached hydrogen (secondary N) is 2. The second-order valence-corrected chi connectivity index (χ2v) is 4.00. The predicted molar refractivity (Wildman–Crippen MR) is 63.1 cm³/mol. The largest absolute Gasteiger partial charge is 0.481 e. The Morgan fingerprint density at radius 1 is 1.00 bits per heavy atom. The SMILES string of the molecule is CC(NC(=O)C(C)NC(=O)C(N)CC(=O)O)C(=O)O. The summed E-state index contributed by atoms with van der Waals surface area (Å²) in [6, 6.07) is -3.39. The van der Waals surface area contributed by atoms with Crippen LogP contribution in [0.1, 0.15) is 20.3 Å². The molecule has 0 saturated carbocycles. The lowest BCUT2D eigenvalue weighted by molar-refractivity contribution is -0.142. The molecule has 0 rings (SSSR count). The Hall–Kier alpha value is -2.16. The van der Waals surface area contributed by atoms with E-state index in [0.29, 0.717) is 0 Å². The summed E-state index contributed by atoms with van der Waals surface area (Å²) in [6.45, 7) is 2.60. The molecule has 0 bridgehead atoms. The summed E-state index contributed by atoms with van der Waals surface area (Å²) >= 11 is 0. The van der Waals surface area contributed by atoms with E-state index in [9.17, 15) is 19.2 Å². The second-order valence-electron chi connectivity index (χ2n) is 4.00. The molecule has 3 atom stereocenters. The van der Waals surface area contributed by atoms with Crippen molar-refractivity contribution in [3.8, 4) is 0 Å². The maximum absolute atomic E-state index is 11.5. The Labute approximate surface area is 109 Å². The van der Waals surface area contributed by atoms with Crippen molar-refractivity contribution in [2.24, 2.45) is 5.73 Å². The molecule has 0 aliphatic heterocycles. The Morgan fingerprint density at radius 2 is 1.47 bits per heavy atom. The van der Waals surface area contributed by atoms with Crippen LogP contribution in [0.4, 0.5) is 0 Å². The fourth-order valence-corrected chi connectivity index (χ4v) is 1.07. The maximum atomic E-state index is 11.5. The minimum atomic E-state index is -1.27. The first-order chi connectivity index (χ1) is 8.65. The summed E-state index contributed by atoms with van der Waals surface area (Å²) in [5.41, 5.74) is 5.30. The molecule has 2 amide bonds. The van der Waals surface area contributed by atoms with Gasteiger partial charge in [-0.3, -0.25) is 19.2 Å². The van der Waals surface area contributed by atoms with Gasteiger partial charge in [0.1, 0.15) is 12.1 Å². The first-order valence-electron chi connectivity index (χ1n) is 5.46. The topological polar surface area (TPSA) is 159 Å². The van der Waals surface area contributed by atoms with Crippen molar-refractivity contribution < 1.29 is 29.4 Å². The molecule has 19 heavy (non-hydrogen) atoms. The third-order valence-corrected chi connectivity index (χ3v) is 2.21. The van der Waals surface area contributed by atoms with Crippen LogP contribution < -0.4 is 16.4 Å². The average Bonchev–Trinajstić information content (AvgIpc) is 2.27. The zero-order valence-electron chi connectivity index (χ0n) is 10.5. The summed E-state index contributed by atoms with van der Waals surface area (Å²) < 4.78 is 0. The van der Waals surface area contributed by atoms with Crippen LogP contribution in [0.3, 0.4) is 0 Å². The highest BCUT2D eigenvalue weighted by molar-refractivity contribution is 5.92. The zero-order valence-corrected chi connectivity index (χ0v) is 10.5. The van der Waals surface area contributed by atoms with Crippen LogP contribution in [0.15, 0.2) is 0 Å². The van der Waals surface area contributed by atoms with E-state index >= 15 is 0 Å². The molecule has 9 nitrogen and oxygen atoms in total. The van der Waals surface area contributed by atoms with Crippen molar-refractivity contribution in [2.45, 2.75) is 38.4 Å². The van der Waals surface area contributed by atoms with Crippen molar-refractivity contribution in [1.82, 2.24) is 10.6 Å². The van der Waals surface area contributed by atoms with Gasteiger partial charge in [-0.15, -0.1) is 0 Å². The third-order valence-electron chi connectivity index (χ3n) is 2.21. The molecule has 0 aliphatic carbocycles. The van der Waals surface area contributed by atoms with Gasteiger partial charge in [0.2, 0.25) is 11.8 Å². The Kier molecular flexibility index (Phi) is 6.48. The van der Waals surface area contributed by atoms with Gasteiger partial charge in [-0.2, -0.15) is 0 Å². The molecule has 0 aromatic carbocycles. The van der Waals surface area contributed by atoms with Crippen molar-refractivity contribution in [1.29, 1.82) is 0 Å². The monoisotopic (exact) mass is 275 g/mol. The van der Waals surface area contributed by atoms with E-state index in [0.717, 1.165) is 0 Å². The molecule has 0 radical (unpaired) electrons. The molecule has 0 aromatic heterocycles. The normalized spacial score (nSPS) is 14.9. The molecule has 0 heterocycles. The third kappa shape index (κ3) is 6.36. The van der Waals surface area contributed by atoms with Gasteiger partial charge < -0.3 is 26.6 Å². The number of aliphatic carboxylic acids is 2. The van der Waals surface area contributed by atoms with Crippen LogP contribution in [-0.2, 0) is 19.2 Å². The van der Waals surface area contributed by atoms with E-state index in [2.05, 4.69) is 10.6 Å². The van der Waals surface area contributed by atoms with Gasteiger partial charge in [-0.05, 0) is 13.8 Å². The molecule has 9 heteroatoms. The van der Waals surface area contributed by atoms with E-state index in [1.165, 1.54) is 13.8 Å². The zero-order chi connectivity index (χ0) is 15.2. The maximum Gasteiger partial charge on any atom is 0.325 e. The number of rotatable bonds is 7. The van der Waals surface area contributed by atoms with Gasteiger partial charge in [0, 0.05) is 0 Å². The lowest BCUT2D eigenvalue weighted by atomic mass is 10.2. The number of nitrogens with two attached hydrogens (primary N) is 1. The first-order valence-corrected chi connectivity index (χ1v) is 5.46. The fraction of sp³-hybridized carbons (Fsp3) is 0.600. The van der Waals surface area contributed by atoms with E-state index in [-0.39, 0.29) is 0 Å². The minimum absolute atomic E-state index is 0.564. The van der Waals surface area contributed by atoms with E-state index in [1.807, 2.05) is 0 Å². The van der Waals surface area contributed by atoms with Crippen molar-refractivity contribution in [3.05, 3.63) is 0 Å². The number of amides is 2. The highest BCUT2D eigenvalue weighted by atomic mass is 16.4. The summed E-state index contributed by atoms with van der Waals surface area (Å²) in [7, 11) is 0. The Balaban J connectivity index is 4.32. The molecule has 108 valence electrons.